The second kappa shape index (κ2) is 8.75. The van der Waals surface area contributed by atoms with Gasteiger partial charge in [-0.2, -0.15) is 13.2 Å². The van der Waals surface area contributed by atoms with Crippen LogP contribution < -0.4 is 10.1 Å². The molecule has 9 heteroatoms. The van der Waals surface area contributed by atoms with Crippen molar-refractivity contribution in [3.8, 4) is 5.75 Å². The fourth-order valence-corrected chi connectivity index (χ4v) is 2.92. The maximum atomic E-state index is 12.7. The van der Waals surface area contributed by atoms with Gasteiger partial charge < -0.3 is 19.7 Å². The van der Waals surface area contributed by atoms with E-state index >= 15 is 0 Å². The van der Waals surface area contributed by atoms with E-state index in [1.54, 1.807) is 22.9 Å². The van der Waals surface area contributed by atoms with Crippen LogP contribution in [0.25, 0.3) is 10.9 Å². The van der Waals surface area contributed by atoms with Crippen molar-refractivity contribution in [2.75, 3.05) is 13.2 Å². The molecule has 0 fully saturated rings. The monoisotopic (exact) mass is 426 g/mol. The average Bonchev–Trinajstić information content (AvgIpc) is 3.06. The molecular formula is C20H18ClF3N2O3. The highest BCUT2D eigenvalue weighted by Gasteiger charge is 2.30. The van der Waals surface area contributed by atoms with E-state index in [1.165, 1.54) is 12.1 Å². The van der Waals surface area contributed by atoms with Gasteiger partial charge in [0.2, 0.25) is 5.91 Å². The predicted octanol–water partition coefficient (Wildman–Crippen LogP) is 3.87. The molecule has 0 radical (unpaired) electrons. The smallest absolute Gasteiger partial charge is 0.416 e. The third-order valence-corrected chi connectivity index (χ3v) is 4.42. The molecule has 0 saturated heterocycles. The van der Waals surface area contributed by atoms with Crippen molar-refractivity contribution in [3.63, 3.8) is 0 Å². The Morgan fingerprint density at radius 3 is 2.76 bits per heavy atom. The summed E-state index contributed by atoms with van der Waals surface area (Å²) in [5, 5.41) is 14.0. The Hall–Kier alpha value is -2.71. The summed E-state index contributed by atoms with van der Waals surface area (Å²) in [6.45, 7) is -0.327. The number of halogens is 4. The van der Waals surface area contributed by atoms with Gasteiger partial charge in [0, 0.05) is 23.3 Å². The number of hydrogen-bond donors (Lipinski definition) is 2. The van der Waals surface area contributed by atoms with Crippen molar-refractivity contribution >= 4 is 28.4 Å². The van der Waals surface area contributed by atoms with Crippen molar-refractivity contribution in [1.29, 1.82) is 0 Å². The number of carbonyl (C=O) groups excluding carboxylic acids is 1. The normalized spacial score (nSPS) is 12.7. The standard InChI is InChI=1S/C20H18ClF3N2O3/c21-15-5-4-13-6-7-26(18(13)9-15)11-19(28)25-10-16(27)12-29-17-3-1-2-14(8-17)20(22,23)24/h1-9,16,27H,10-12H2,(H,25,28). The molecule has 1 amide bonds. The topological polar surface area (TPSA) is 63.5 Å². The first-order chi connectivity index (χ1) is 13.7. The highest BCUT2D eigenvalue weighted by molar-refractivity contribution is 6.31. The summed E-state index contributed by atoms with van der Waals surface area (Å²) in [7, 11) is 0. The average molecular weight is 427 g/mol. The number of amides is 1. The molecule has 1 aromatic heterocycles. The number of fused-ring (bicyclic) bond motifs is 1. The van der Waals surface area contributed by atoms with Gasteiger partial charge in [-0.25, -0.2) is 0 Å². The van der Waals surface area contributed by atoms with Gasteiger partial charge in [-0.3, -0.25) is 4.79 Å². The number of ether oxygens (including phenoxy) is 1. The first kappa shape index (κ1) is 21.0. The van der Waals surface area contributed by atoms with Crippen LogP contribution in [0, 0.1) is 0 Å². The summed E-state index contributed by atoms with van der Waals surface area (Å²) in [5.74, 6) is -0.346. The van der Waals surface area contributed by atoms with Crippen LogP contribution in [0.1, 0.15) is 5.56 Å². The van der Waals surface area contributed by atoms with Crippen LogP contribution in [0.15, 0.2) is 54.7 Å². The van der Waals surface area contributed by atoms with Gasteiger partial charge in [0.15, 0.2) is 0 Å². The highest BCUT2D eigenvalue weighted by atomic mass is 35.5. The Kier molecular flexibility index (Phi) is 6.34. The summed E-state index contributed by atoms with van der Waals surface area (Å²) in [5.41, 5.74) is -0.0297. The zero-order chi connectivity index (χ0) is 21.0. The van der Waals surface area contributed by atoms with Gasteiger partial charge in [0.1, 0.15) is 25.0 Å². The van der Waals surface area contributed by atoms with Crippen LogP contribution in [-0.2, 0) is 17.5 Å². The Labute approximate surface area is 169 Å². The van der Waals surface area contributed by atoms with Crippen molar-refractivity contribution in [2.45, 2.75) is 18.8 Å². The van der Waals surface area contributed by atoms with Gasteiger partial charge >= 0.3 is 6.18 Å². The van der Waals surface area contributed by atoms with Crippen molar-refractivity contribution < 1.29 is 27.8 Å². The highest BCUT2D eigenvalue weighted by Crippen LogP contribution is 2.31. The van der Waals surface area contributed by atoms with E-state index in [0.29, 0.717) is 5.02 Å². The zero-order valence-corrected chi connectivity index (χ0v) is 15.9. The molecule has 3 aromatic rings. The molecule has 3 rings (SSSR count). The number of alkyl halides is 3. The molecule has 0 saturated carbocycles. The molecule has 1 heterocycles. The minimum Gasteiger partial charge on any atom is -0.491 e. The van der Waals surface area contributed by atoms with E-state index in [2.05, 4.69) is 5.32 Å². The molecule has 2 N–H and O–H groups in total. The number of nitrogens with zero attached hydrogens (tertiary/aromatic N) is 1. The van der Waals surface area contributed by atoms with Gasteiger partial charge in [-0.1, -0.05) is 23.7 Å². The summed E-state index contributed by atoms with van der Waals surface area (Å²) < 4.78 is 45.0. The number of aliphatic hydroxyl groups is 1. The number of carbonyl (C=O) groups is 1. The fraction of sp³-hybridized carbons (Fsp3) is 0.250. The van der Waals surface area contributed by atoms with Crippen LogP contribution in [0.3, 0.4) is 0 Å². The van der Waals surface area contributed by atoms with Crippen LogP contribution in [0.5, 0.6) is 5.75 Å². The third kappa shape index (κ3) is 5.65. The molecule has 0 aliphatic rings. The molecular weight excluding hydrogens is 409 g/mol. The summed E-state index contributed by atoms with van der Waals surface area (Å²) in [6, 6.07) is 11.6. The first-order valence-corrected chi connectivity index (χ1v) is 9.09. The predicted molar refractivity (Wildman–Crippen MR) is 103 cm³/mol. The second-order valence-electron chi connectivity index (χ2n) is 6.44. The molecule has 0 aliphatic carbocycles. The van der Waals surface area contributed by atoms with Crippen LogP contribution in [0.2, 0.25) is 5.02 Å². The molecule has 2 aromatic carbocycles. The number of hydrogen-bond acceptors (Lipinski definition) is 3. The number of aliphatic hydroxyl groups excluding tert-OH is 1. The second-order valence-corrected chi connectivity index (χ2v) is 6.88. The van der Waals surface area contributed by atoms with E-state index in [4.69, 9.17) is 16.3 Å². The van der Waals surface area contributed by atoms with Gasteiger partial charge in [-0.15, -0.1) is 0 Å². The minimum absolute atomic E-state index is 0.0131. The Morgan fingerprint density at radius 2 is 2.00 bits per heavy atom. The lowest BCUT2D eigenvalue weighted by molar-refractivity contribution is -0.137. The molecule has 1 atom stereocenters. The Morgan fingerprint density at radius 1 is 1.21 bits per heavy atom. The van der Waals surface area contributed by atoms with Crippen LogP contribution >= 0.6 is 11.6 Å². The number of benzene rings is 2. The van der Waals surface area contributed by atoms with Crippen LogP contribution in [0.4, 0.5) is 13.2 Å². The summed E-state index contributed by atoms with van der Waals surface area (Å²) >= 11 is 5.98. The van der Waals surface area contributed by atoms with Crippen molar-refractivity contribution in [2.24, 2.45) is 0 Å². The molecule has 0 bridgehead atoms. The fourth-order valence-electron chi connectivity index (χ4n) is 2.75. The molecule has 154 valence electrons. The van der Waals surface area contributed by atoms with E-state index in [1.807, 2.05) is 12.1 Å². The Balaban J connectivity index is 1.48. The maximum Gasteiger partial charge on any atom is 0.416 e. The molecule has 1 unspecified atom stereocenters. The lowest BCUT2D eigenvalue weighted by Gasteiger charge is -2.15. The maximum absolute atomic E-state index is 12.7. The quantitative estimate of drug-likeness (QED) is 0.603. The van der Waals surface area contributed by atoms with E-state index in [9.17, 15) is 23.1 Å². The zero-order valence-electron chi connectivity index (χ0n) is 15.1. The van der Waals surface area contributed by atoms with Crippen molar-refractivity contribution in [3.05, 3.63) is 65.3 Å². The van der Waals surface area contributed by atoms with Gasteiger partial charge in [-0.05, 0) is 41.8 Å². The van der Waals surface area contributed by atoms with E-state index < -0.39 is 17.8 Å². The summed E-state index contributed by atoms with van der Waals surface area (Å²) in [6.07, 6.45) is -3.80. The SMILES string of the molecule is O=C(Cn1ccc2ccc(Cl)cc21)NCC(O)COc1cccc(C(F)(F)F)c1. The molecule has 0 aliphatic heterocycles. The number of rotatable bonds is 7. The third-order valence-electron chi connectivity index (χ3n) is 4.19. The van der Waals surface area contributed by atoms with Crippen LogP contribution in [-0.4, -0.2) is 34.8 Å². The van der Waals surface area contributed by atoms with Gasteiger partial charge in [0.25, 0.3) is 0 Å². The lowest BCUT2D eigenvalue weighted by Crippen LogP contribution is -2.36. The summed E-state index contributed by atoms with van der Waals surface area (Å²) in [4.78, 5) is 12.1. The van der Waals surface area contributed by atoms with Crippen molar-refractivity contribution in [1.82, 2.24) is 9.88 Å². The number of nitrogens with one attached hydrogen (secondary N) is 1. The molecule has 0 spiro atoms. The number of aromatic nitrogens is 1. The molecule has 5 nitrogen and oxygen atoms in total. The Bertz CT molecular complexity index is 1000. The molecule has 29 heavy (non-hydrogen) atoms. The minimum atomic E-state index is -4.47. The van der Waals surface area contributed by atoms with E-state index in [0.717, 1.165) is 23.0 Å². The largest absolute Gasteiger partial charge is 0.491 e. The van der Waals surface area contributed by atoms with E-state index in [-0.39, 0.29) is 31.4 Å². The lowest BCUT2D eigenvalue weighted by atomic mass is 10.2. The van der Waals surface area contributed by atoms with Gasteiger partial charge in [0.05, 0.1) is 5.56 Å². The first-order valence-electron chi connectivity index (χ1n) is 8.71.